The van der Waals surface area contributed by atoms with E-state index < -0.39 is 0 Å². The molecule has 1 rings (SSSR count). The highest BCUT2D eigenvalue weighted by atomic mass is 127. The Kier molecular flexibility index (Phi) is 4.01. The number of benzene rings is 1. The predicted molar refractivity (Wildman–Crippen MR) is 63.7 cm³/mol. The maximum absolute atomic E-state index is 5.95. The Morgan fingerprint density at radius 3 is 2.64 bits per heavy atom. The van der Waals surface area contributed by atoms with E-state index >= 15 is 0 Å². The molecule has 0 nitrogen and oxygen atoms in total. The highest BCUT2D eigenvalue weighted by Gasteiger charge is 2.03. The fraction of sp³-hybridized carbons (Fsp3) is 0.143. The van der Waals surface area contributed by atoms with Gasteiger partial charge in [0.05, 0.1) is 5.02 Å². The van der Waals surface area contributed by atoms with Crippen molar-refractivity contribution in [1.82, 2.24) is 0 Å². The van der Waals surface area contributed by atoms with E-state index in [2.05, 4.69) is 44.6 Å². The monoisotopic (exact) mass is 362 g/mol. The first-order chi connectivity index (χ1) is 5.15. The largest absolute Gasteiger partial charge is 0.130 e. The van der Waals surface area contributed by atoms with Crippen LogP contribution in [0.25, 0.3) is 0 Å². The molecule has 0 aliphatic carbocycles. The Labute approximate surface area is 97.4 Å². The highest BCUT2D eigenvalue weighted by molar-refractivity contribution is 14.1. The van der Waals surface area contributed by atoms with Crippen LogP contribution in [0.4, 0.5) is 0 Å². The van der Waals surface area contributed by atoms with E-state index in [0.29, 0.717) is 0 Å². The molecule has 0 aromatic heterocycles. The van der Waals surface area contributed by atoms with E-state index in [4.69, 9.17) is 11.6 Å². The number of halogens is 3. The number of hydrogen-bond acceptors (Lipinski definition) is 1. The van der Waals surface area contributed by atoms with Crippen LogP contribution in [0.3, 0.4) is 0 Å². The minimum atomic E-state index is 0.810. The summed E-state index contributed by atoms with van der Waals surface area (Å²) >= 11 is 13.3. The molecule has 0 N–H and O–H groups in total. The summed E-state index contributed by atoms with van der Waals surface area (Å²) in [7, 11) is 0. The van der Waals surface area contributed by atoms with Crippen molar-refractivity contribution in [3.63, 3.8) is 0 Å². The molecule has 0 saturated heterocycles. The quantitative estimate of drug-likeness (QED) is 0.404. The first-order valence-corrected chi connectivity index (χ1v) is 6.31. The highest BCUT2D eigenvalue weighted by Crippen LogP contribution is 2.31. The smallest absolute Gasteiger partial charge is 0.0562 e. The number of hydrogen-bond donors (Lipinski definition) is 0. The van der Waals surface area contributed by atoms with Crippen molar-refractivity contribution in [3.05, 3.63) is 25.2 Å². The van der Waals surface area contributed by atoms with Gasteiger partial charge in [0.25, 0.3) is 0 Å². The van der Waals surface area contributed by atoms with Crippen molar-refractivity contribution in [2.75, 3.05) is 6.26 Å². The van der Waals surface area contributed by atoms with Gasteiger partial charge in [0.2, 0.25) is 0 Å². The standard InChI is InChI=1S/C7H5BrClIS/c1-11-4-2-5(8)7(10)6(9)3-4/h2-3H,1H3. The van der Waals surface area contributed by atoms with Gasteiger partial charge in [-0.3, -0.25) is 0 Å². The third-order valence-electron chi connectivity index (χ3n) is 1.19. The summed E-state index contributed by atoms with van der Waals surface area (Å²) in [5, 5.41) is 0.810. The zero-order valence-corrected chi connectivity index (χ0v) is 11.0. The molecule has 0 heterocycles. The van der Waals surface area contributed by atoms with Crippen LogP contribution >= 0.6 is 61.9 Å². The van der Waals surface area contributed by atoms with Crippen LogP contribution in [0, 0.1) is 3.57 Å². The second kappa shape index (κ2) is 4.35. The summed E-state index contributed by atoms with van der Waals surface area (Å²) in [6.45, 7) is 0. The average Bonchev–Trinajstić information content (AvgIpc) is 1.99. The van der Waals surface area contributed by atoms with E-state index in [9.17, 15) is 0 Å². The second-order valence-electron chi connectivity index (χ2n) is 1.91. The normalized spacial score (nSPS) is 10.2. The molecule has 0 fully saturated rings. The van der Waals surface area contributed by atoms with Gasteiger partial charge in [0.15, 0.2) is 0 Å². The Morgan fingerprint density at radius 2 is 2.18 bits per heavy atom. The maximum Gasteiger partial charge on any atom is 0.0562 e. The minimum absolute atomic E-state index is 0.810. The SMILES string of the molecule is CSc1cc(Cl)c(I)c(Br)c1. The number of thioether (sulfide) groups is 1. The fourth-order valence-electron chi connectivity index (χ4n) is 0.650. The Morgan fingerprint density at radius 1 is 1.55 bits per heavy atom. The zero-order chi connectivity index (χ0) is 8.43. The Hall–Kier alpha value is 1.07. The van der Waals surface area contributed by atoms with Gasteiger partial charge in [-0.2, -0.15) is 0 Å². The van der Waals surface area contributed by atoms with Crippen LogP contribution in [-0.2, 0) is 0 Å². The van der Waals surface area contributed by atoms with Crippen molar-refractivity contribution in [3.8, 4) is 0 Å². The molecule has 0 amide bonds. The molecule has 0 unspecified atom stereocenters. The summed E-state index contributed by atoms with van der Waals surface area (Å²) < 4.78 is 2.14. The van der Waals surface area contributed by atoms with Crippen molar-refractivity contribution in [2.24, 2.45) is 0 Å². The van der Waals surface area contributed by atoms with Gasteiger partial charge in [-0.1, -0.05) is 11.6 Å². The number of rotatable bonds is 1. The average molecular weight is 363 g/mol. The molecule has 0 atom stereocenters. The van der Waals surface area contributed by atoms with Gasteiger partial charge in [-0.05, 0) is 56.9 Å². The van der Waals surface area contributed by atoms with Crippen LogP contribution < -0.4 is 0 Å². The molecule has 0 aliphatic heterocycles. The summed E-state index contributed by atoms with van der Waals surface area (Å²) in [5.41, 5.74) is 0. The Balaban J connectivity index is 3.21. The van der Waals surface area contributed by atoms with Crippen molar-refractivity contribution < 1.29 is 0 Å². The summed E-state index contributed by atoms with van der Waals surface area (Å²) in [4.78, 5) is 1.18. The predicted octanol–water partition coefficient (Wildman–Crippen LogP) is 4.43. The van der Waals surface area contributed by atoms with Crippen molar-refractivity contribution in [1.29, 1.82) is 0 Å². The van der Waals surface area contributed by atoms with E-state index in [1.807, 2.05) is 12.3 Å². The van der Waals surface area contributed by atoms with Crippen LogP contribution in [0.2, 0.25) is 5.02 Å². The lowest BCUT2D eigenvalue weighted by molar-refractivity contribution is 1.41. The van der Waals surface area contributed by atoms with Gasteiger partial charge >= 0.3 is 0 Å². The molecule has 60 valence electrons. The fourth-order valence-corrected chi connectivity index (χ4v) is 2.44. The van der Waals surface area contributed by atoms with Gasteiger partial charge in [0, 0.05) is 12.9 Å². The summed E-state index contributed by atoms with van der Waals surface area (Å²) in [5.74, 6) is 0. The first kappa shape index (κ1) is 10.2. The summed E-state index contributed by atoms with van der Waals surface area (Å²) in [6, 6.07) is 4.04. The Bertz CT molecular complexity index is 254. The van der Waals surface area contributed by atoms with Crippen LogP contribution in [0.5, 0.6) is 0 Å². The van der Waals surface area contributed by atoms with Crippen LogP contribution in [0.1, 0.15) is 0 Å². The minimum Gasteiger partial charge on any atom is -0.130 e. The van der Waals surface area contributed by atoms with E-state index in [1.165, 1.54) is 4.90 Å². The molecule has 1 aromatic rings. The molecule has 1 aromatic carbocycles. The van der Waals surface area contributed by atoms with Crippen LogP contribution in [0.15, 0.2) is 21.5 Å². The molecule has 0 spiro atoms. The van der Waals surface area contributed by atoms with Crippen LogP contribution in [-0.4, -0.2) is 6.26 Å². The second-order valence-corrected chi connectivity index (χ2v) is 5.12. The lowest BCUT2D eigenvalue weighted by atomic mass is 10.4. The molecule has 11 heavy (non-hydrogen) atoms. The van der Waals surface area contributed by atoms with Gasteiger partial charge in [0.1, 0.15) is 0 Å². The zero-order valence-electron chi connectivity index (χ0n) is 5.70. The van der Waals surface area contributed by atoms with Gasteiger partial charge in [-0.25, -0.2) is 0 Å². The van der Waals surface area contributed by atoms with E-state index in [1.54, 1.807) is 11.8 Å². The molecular weight excluding hydrogens is 358 g/mol. The lowest BCUT2D eigenvalue weighted by Crippen LogP contribution is -1.78. The van der Waals surface area contributed by atoms with Crippen molar-refractivity contribution >= 4 is 61.9 Å². The molecule has 0 radical (unpaired) electrons. The van der Waals surface area contributed by atoms with E-state index in [-0.39, 0.29) is 0 Å². The molecule has 0 bridgehead atoms. The summed E-state index contributed by atoms with van der Waals surface area (Å²) in [6.07, 6.45) is 2.03. The van der Waals surface area contributed by atoms with Gasteiger partial charge in [-0.15, -0.1) is 11.8 Å². The third-order valence-corrected chi connectivity index (χ3v) is 5.05. The topological polar surface area (TPSA) is 0 Å². The van der Waals surface area contributed by atoms with Gasteiger partial charge < -0.3 is 0 Å². The third kappa shape index (κ3) is 2.50. The molecule has 0 saturated carbocycles. The first-order valence-electron chi connectivity index (χ1n) is 2.83. The van der Waals surface area contributed by atoms with E-state index in [0.717, 1.165) is 13.1 Å². The van der Waals surface area contributed by atoms with Crippen molar-refractivity contribution in [2.45, 2.75) is 4.90 Å². The molecular formula is C7H5BrClIS. The maximum atomic E-state index is 5.95. The molecule has 4 heteroatoms. The lowest BCUT2D eigenvalue weighted by Gasteiger charge is -2.02. The molecule has 0 aliphatic rings.